The van der Waals surface area contributed by atoms with Crippen molar-refractivity contribution in [1.82, 2.24) is 4.31 Å². The summed E-state index contributed by atoms with van der Waals surface area (Å²) in [5.74, 6) is -0.132. The first-order valence-corrected chi connectivity index (χ1v) is 8.51. The predicted molar refractivity (Wildman–Crippen MR) is 77.3 cm³/mol. The molecule has 0 spiro atoms. The molecule has 1 aliphatic heterocycles. The number of rotatable bonds is 2. The number of nitrogens with zero attached hydrogens (tertiary/aromatic N) is 1. The summed E-state index contributed by atoms with van der Waals surface area (Å²) in [7, 11) is -3.65. The zero-order valence-electron chi connectivity index (χ0n) is 10.8. The Hall–Kier alpha value is -1.50. The van der Waals surface area contributed by atoms with Crippen molar-refractivity contribution >= 4 is 27.1 Å². The summed E-state index contributed by atoms with van der Waals surface area (Å²) in [6, 6.07) is 9.33. The van der Waals surface area contributed by atoms with Gasteiger partial charge in [-0.2, -0.15) is 4.31 Å². The molecule has 0 saturated carbocycles. The number of carbonyl (C=O) groups is 1. The van der Waals surface area contributed by atoms with E-state index in [2.05, 4.69) is 0 Å². The van der Waals surface area contributed by atoms with Gasteiger partial charge in [0.05, 0.1) is 10.9 Å². The fourth-order valence-corrected chi connectivity index (χ4v) is 4.88. The molecule has 1 aromatic carbocycles. The molecule has 0 bridgehead atoms. The van der Waals surface area contributed by atoms with Gasteiger partial charge in [-0.25, -0.2) is 8.42 Å². The Balaban J connectivity index is 2.06. The molecule has 0 fully saturated rings. The van der Waals surface area contributed by atoms with Crippen molar-refractivity contribution in [3.8, 4) is 0 Å². The molecule has 2 heterocycles. The van der Waals surface area contributed by atoms with Gasteiger partial charge in [-0.05, 0) is 30.5 Å². The van der Waals surface area contributed by atoms with E-state index in [1.165, 1.54) is 15.6 Å². The Bertz CT molecular complexity index is 750. The molecule has 4 nitrogen and oxygen atoms in total. The summed E-state index contributed by atoms with van der Waals surface area (Å²) in [6.45, 7) is 1.90. The molecular formula is C14H13NO3S2. The van der Waals surface area contributed by atoms with Crippen molar-refractivity contribution < 1.29 is 13.2 Å². The van der Waals surface area contributed by atoms with Crippen molar-refractivity contribution in [2.24, 2.45) is 0 Å². The van der Waals surface area contributed by atoms with Gasteiger partial charge in [0.25, 0.3) is 0 Å². The van der Waals surface area contributed by atoms with Gasteiger partial charge in [0.1, 0.15) is 0 Å². The molecule has 1 atom stereocenters. The fraction of sp³-hybridized carbons (Fsp3) is 0.214. The number of fused-ring (bicyclic) bond motifs is 1. The topological polar surface area (TPSA) is 54.5 Å². The molecule has 6 heteroatoms. The highest BCUT2D eigenvalue weighted by atomic mass is 32.2. The molecule has 3 rings (SSSR count). The van der Waals surface area contributed by atoms with Crippen LogP contribution in [0.4, 0.5) is 0 Å². The van der Waals surface area contributed by atoms with E-state index in [9.17, 15) is 13.2 Å². The van der Waals surface area contributed by atoms with Gasteiger partial charge < -0.3 is 0 Å². The smallest absolute Gasteiger partial charge is 0.244 e. The number of carbonyl (C=O) groups excluding carboxylic acids is 1. The molecule has 0 saturated heterocycles. The summed E-state index contributed by atoms with van der Waals surface area (Å²) >= 11 is 1.42. The minimum atomic E-state index is -3.65. The molecule has 0 unspecified atom stereocenters. The second-order valence-corrected chi connectivity index (χ2v) is 7.55. The third kappa shape index (κ3) is 2.00. The van der Waals surface area contributed by atoms with Crippen molar-refractivity contribution in [3.63, 3.8) is 0 Å². The number of benzene rings is 1. The lowest BCUT2D eigenvalue weighted by Crippen LogP contribution is -2.45. The second-order valence-electron chi connectivity index (χ2n) is 4.66. The van der Waals surface area contributed by atoms with Crippen LogP contribution in [-0.2, 0) is 16.6 Å². The molecule has 0 aliphatic carbocycles. The lowest BCUT2D eigenvalue weighted by Gasteiger charge is -2.31. The van der Waals surface area contributed by atoms with Crippen LogP contribution in [0.25, 0.3) is 0 Å². The third-order valence-electron chi connectivity index (χ3n) is 3.47. The highest BCUT2D eigenvalue weighted by Crippen LogP contribution is 2.31. The van der Waals surface area contributed by atoms with Crippen molar-refractivity contribution in [1.29, 1.82) is 0 Å². The molecule has 1 aliphatic rings. The minimum Gasteiger partial charge on any atom is -0.292 e. The first kappa shape index (κ1) is 13.5. The summed E-state index contributed by atoms with van der Waals surface area (Å²) in [5, 5.41) is 1.83. The fourth-order valence-electron chi connectivity index (χ4n) is 2.34. The lowest BCUT2D eigenvalue weighted by molar-refractivity contribution is 0.0886. The van der Waals surface area contributed by atoms with Crippen LogP contribution in [0.2, 0.25) is 0 Å². The molecule has 0 N–H and O–H groups in total. The van der Waals surface area contributed by atoms with Gasteiger partial charge in [0.2, 0.25) is 10.0 Å². The number of sulfonamides is 1. The standard InChI is InChI=1S/C14H13NO3S2/c1-10-14(16)12-7-8-19-13(12)9-15(10)20(17,18)11-5-3-2-4-6-11/h2-8,10H,9H2,1H3/t10-/m0/s1. The number of hydrogen-bond donors (Lipinski definition) is 0. The van der Waals surface area contributed by atoms with E-state index in [1.54, 1.807) is 43.3 Å². The van der Waals surface area contributed by atoms with Crippen LogP contribution < -0.4 is 0 Å². The van der Waals surface area contributed by atoms with Gasteiger partial charge in [-0.3, -0.25) is 4.79 Å². The van der Waals surface area contributed by atoms with E-state index >= 15 is 0 Å². The molecule has 20 heavy (non-hydrogen) atoms. The molecule has 1 aromatic heterocycles. The quantitative estimate of drug-likeness (QED) is 0.856. The predicted octanol–water partition coefficient (Wildman–Crippen LogP) is 2.52. The highest BCUT2D eigenvalue weighted by molar-refractivity contribution is 7.89. The number of Topliss-reactive ketones (excluding diaryl/α,β-unsaturated/α-hetero) is 1. The van der Waals surface area contributed by atoms with E-state index in [-0.39, 0.29) is 17.2 Å². The van der Waals surface area contributed by atoms with Crippen molar-refractivity contribution in [2.75, 3.05) is 0 Å². The number of hydrogen-bond acceptors (Lipinski definition) is 4. The third-order valence-corrected chi connectivity index (χ3v) is 6.31. The van der Waals surface area contributed by atoms with Crippen LogP contribution in [-0.4, -0.2) is 24.5 Å². The maximum Gasteiger partial charge on any atom is 0.244 e. The molecule has 104 valence electrons. The van der Waals surface area contributed by atoms with E-state index in [0.29, 0.717) is 5.56 Å². The zero-order valence-corrected chi connectivity index (χ0v) is 12.4. The van der Waals surface area contributed by atoms with Crippen LogP contribution in [0.15, 0.2) is 46.7 Å². The van der Waals surface area contributed by atoms with Gasteiger partial charge in [0, 0.05) is 17.0 Å². The molecule has 2 aromatic rings. The summed E-state index contributed by atoms with van der Waals surface area (Å²) in [5.41, 5.74) is 0.655. The average molecular weight is 307 g/mol. The second kappa shape index (κ2) is 4.80. The largest absolute Gasteiger partial charge is 0.292 e. The lowest BCUT2D eigenvalue weighted by atomic mass is 10.0. The zero-order chi connectivity index (χ0) is 14.3. The molecule has 0 radical (unpaired) electrons. The van der Waals surface area contributed by atoms with E-state index in [1.807, 2.05) is 5.38 Å². The maximum absolute atomic E-state index is 12.7. The monoisotopic (exact) mass is 307 g/mol. The number of thiophene rings is 1. The first-order chi connectivity index (χ1) is 9.51. The summed E-state index contributed by atoms with van der Waals surface area (Å²) in [6.07, 6.45) is 0. The Labute approximate surface area is 121 Å². The number of ketones is 1. The van der Waals surface area contributed by atoms with E-state index < -0.39 is 16.1 Å². The normalized spacial score (nSPS) is 19.9. The minimum absolute atomic E-state index is 0.132. The Morgan fingerprint density at radius 3 is 2.60 bits per heavy atom. The van der Waals surface area contributed by atoms with Crippen molar-refractivity contribution in [3.05, 3.63) is 52.2 Å². The van der Waals surface area contributed by atoms with E-state index in [0.717, 1.165) is 4.88 Å². The van der Waals surface area contributed by atoms with Gasteiger partial charge in [-0.1, -0.05) is 18.2 Å². The van der Waals surface area contributed by atoms with Crippen molar-refractivity contribution in [2.45, 2.75) is 24.4 Å². The van der Waals surface area contributed by atoms with Crippen LogP contribution in [0.3, 0.4) is 0 Å². The van der Waals surface area contributed by atoms with Crippen LogP contribution in [0, 0.1) is 0 Å². The molecule has 0 amide bonds. The Kier molecular flexibility index (Phi) is 3.24. The van der Waals surface area contributed by atoms with Gasteiger partial charge in [-0.15, -0.1) is 11.3 Å². The summed E-state index contributed by atoms with van der Waals surface area (Å²) < 4.78 is 26.6. The van der Waals surface area contributed by atoms with Crippen LogP contribution in [0.5, 0.6) is 0 Å². The maximum atomic E-state index is 12.7. The van der Waals surface area contributed by atoms with Gasteiger partial charge >= 0.3 is 0 Å². The van der Waals surface area contributed by atoms with Crippen LogP contribution in [0.1, 0.15) is 22.2 Å². The summed E-state index contributed by atoms with van der Waals surface area (Å²) in [4.78, 5) is 13.3. The van der Waals surface area contributed by atoms with Crippen LogP contribution >= 0.6 is 11.3 Å². The highest BCUT2D eigenvalue weighted by Gasteiger charge is 2.38. The Morgan fingerprint density at radius 2 is 1.90 bits per heavy atom. The van der Waals surface area contributed by atoms with Gasteiger partial charge in [0.15, 0.2) is 5.78 Å². The SMILES string of the molecule is C[C@H]1C(=O)c2ccsc2CN1S(=O)(=O)c1ccccc1. The average Bonchev–Trinajstić information content (AvgIpc) is 2.92. The Morgan fingerprint density at radius 1 is 1.20 bits per heavy atom. The molecular weight excluding hydrogens is 294 g/mol. The van der Waals surface area contributed by atoms with E-state index in [4.69, 9.17) is 0 Å². The first-order valence-electron chi connectivity index (χ1n) is 6.19.